The van der Waals surface area contributed by atoms with Gasteiger partial charge in [0.1, 0.15) is 17.1 Å². The van der Waals surface area contributed by atoms with E-state index in [1.165, 1.54) is 0 Å². The van der Waals surface area contributed by atoms with Crippen LogP contribution in [-0.4, -0.2) is 21.6 Å². The number of aromatic nitrogens is 2. The molecule has 0 fully saturated rings. The summed E-state index contributed by atoms with van der Waals surface area (Å²) in [5, 5.41) is 18.0. The van der Waals surface area contributed by atoms with Crippen LogP contribution in [-0.2, 0) is 6.61 Å². The first-order valence-electron chi connectivity index (χ1n) is 6.86. The number of aryl methyl sites for hydroxylation is 1. The minimum absolute atomic E-state index is 0.0656. The van der Waals surface area contributed by atoms with Crippen molar-refractivity contribution in [2.24, 2.45) is 10.2 Å². The fourth-order valence-corrected chi connectivity index (χ4v) is 2.28. The molecule has 0 aliphatic carbocycles. The Morgan fingerprint density at radius 2 is 2.00 bits per heavy atom. The number of para-hydroxylation sites is 1. The smallest absolute Gasteiger partial charge is 0.182 e. The normalized spacial score (nSPS) is 11.4. The summed E-state index contributed by atoms with van der Waals surface area (Å²) in [6.07, 6.45) is 1.85. The highest BCUT2D eigenvalue weighted by molar-refractivity contribution is 5.57. The van der Waals surface area contributed by atoms with E-state index in [9.17, 15) is 5.11 Å². The third kappa shape index (κ3) is 2.44. The summed E-state index contributed by atoms with van der Waals surface area (Å²) in [4.78, 5) is 4.46. The van der Waals surface area contributed by atoms with Crippen molar-refractivity contribution < 1.29 is 9.84 Å². The van der Waals surface area contributed by atoms with Gasteiger partial charge in [0, 0.05) is 11.8 Å². The van der Waals surface area contributed by atoms with Gasteiger partial charge in [-0.3, -0.25) is 4.40 Å². The summed E-state index contributed by atoms with van der Waals surface area (Å²) >= 11 is 0. The van der Waals surface area contributed by atoms with Gasteiger partial charge in [0.2, 0.25) is 0 Å². The number of imidazole rings is 1. The highest BCUT2D eigenvalue weighted by Gasteiger charge is 2.11. The summed E-state index contributed by atoms with van der Waals surface area (Å²) in [6.45, 7) is 1.80. The largest absolute Gasteiger partial charge is 0.494 e. The minimum Gasteiger partial charge on any atom is -0.494 e. The Morgan fingerprint density at radius 1 is 1.18 bits per heavy atom. The SMILES string of the molecule is COc1ccccc1N=Nc1c(C)nc2c(CO)cccn12. The van der Waals surface area contributed by atoms with Crippen molar-refractivity contribution in [2.75, 3.05) is 7.11 Å². The molecule has 3 rings (SSSR count). The first-order valence-corrected chi connectivity index (χ1v) is 6.86. The van der Waals surface area contributed by atoms with Crippen LogP contribution in [0.1, 0.15) is 11.3 Å². The predicted molar refractivity (Wildman–Crippen MR) is 83.0 cm³/mol. The van der Waals surface area contributed by atoms with E-state index in [1.54, 1.807) is 7.11 Å². The molecule has 0 aliphatic rings. The molecule has 0 bridgehead atoms. The number of pyridine rings is 1. The molecule has 22 heavy (non-hydrogen) atoms. The zero-order valence-corrected chi connectivity index (χ0v) is 12.4. The zero-order chi connectivity index (χ0) is 15.5. The Balaban J connectivity index is 2.07. The molecule has 6 nitrogen and oxygen atoms in total. The quantitative estimate of drug-likeness (QED) is 0.748. The van der Waals surface area contributed by atoms with E-state index >= 15 is 0 Å². The van der Waals surface area contributed by atoms with Crippen molar-refractivity contribution >= 4 is 17.2 Å². The molecule has 0 saturated heterocycles. The van der Waals surface area contributed by atoms with Crippen LogP contribution in [0.2, 0.25) is 0 Å². The summed E-state index contributed by atoms with van der Waals surface area (Å²) in [7, 11) is 1.60. The molecule has 0 saturated carbocycles. The third-order valence-corrected chi connectivity index (χ3v) is 3.38. The molecule has 0 amide bonds. The van der Waals surface area contributed by atoms with Crippen molar-refractivity contribution in [3.05, 3.63) is 53.9 Å². The van der Waals surface area contributed by atoms with Crippen molar-refractivity contribution in [3.8, 4) is 5.75 Å². The average Bonchev–Trinajstić information content (AvgIpc) is 2.88. The second kappa shape index (κ2) is 5.95. The predicted octanol–water partition coefficient (Wildman–Crippen LogP) is 3.56. The molecule has 2 aromatic heterocycles. The van der Waals surface area contributed by atoms with Crippen molar-refractivity contribution in [3.63, 3.8) is 0 Å². The lowest BCUT2D eigenvalue weighted by Gasteiger charge is -2.02. The topological polar surface area (TPSA) is 71.5 Å². The van der Waals surface area contributed by atoms with Gasteiger partial charge in [-0.15, -0.1) is 10.2 Å². The van der Waals surface area contributed by atoms with Gasteiger partial charge in [0.15, 0.2) is 5.82 Å². The first kappa shape index (κ1) is 14.2. The molecule has 0 radical (unpaired) electrons. The molecule has 112 valence electrons. The number of hydrogen-bond acceptors (Lipinski definition) is 5. The van der Waals surface area contributed by atoms with Crippen LogP contribution in [0, 0.1) is 6.92 Å². The zero-order valence-electron chi connectivity index (χ0n) is 12.4. The number of nitrogens with zero attached hydrogens (tertiary/aromatic N) is 4. The molecule has 1 aromatic carbocycles. The van der Waals surface area contributed by atoms with Gasteiger partial charge in [0.25, 0.3) is 0 Å². The van der Waals surface area contributed by atoms with E-state index in [0.29, 0.717) is 22.9 Å². The van der Waals surface area contributed by atoms with Gasteiger partial charge in [-0.2, -0.15) is 0 Å². The van der Waals surface area contributed by atoms with Crippen LogP contribution in [0.15, 0.2) is 52.8 Å². The second-order valence-electron chi connectivity index (χ2n) is 4.78. The number of fused-ring (bicyclic) bond motifs is 1. The number of rotatable bonds is 4. The highest BCUT2D eigenvalue weighted by Crippen LogP contribution is 2.30. The molecule has 0 spiro atoms. The molecule has 0 unspecified atom stereocenters. The number of ether oxygens (including phenoxy) is 1. The van der Waals surface area contributed by atoms with E-state index in [2.05, 4.69) is 15.2 Å². The van der Waals surface area contributed by atoms with Crippen LogP contribution in [0.4, 0.5) is 11.5 Å². The molecule has 6 heteroatoms. The van der Waals surface area contributed by atoms with Crippen LogP contribution in [0.3, 0.4) is 0 Å². The van der Waals surface area contributed by atoms with Crippen LogP contribution < -0.4 is 4.74 Å². The maximum absolute atomic E-state index is 9.39. The van der Waals surface area contributed by atoms with Crippen molar-refractivity contribution in [2.45, 2.75) is 13.5 Å². The summed E-state index contributed by atoms with van der Waals surface area (Å²) in [5.41, 5.74) is 2.85. The Morgan fingerprint density at radius 3 is 2.77 bits per heavy atom. The molecule has 0 aliphatic heterocycles. The van der Waals surface area contributed by atoms with Crippen LogP contribution >= 0.6 is 0 Å². The Hall–Kier alpha value is -2.73. The van der Waals surface area contributed by atoms with Crippen LogP contribution in [0.25, 0.3) is 5.65 Å². The Kier molecular flexibility index (Phi) is 3.84. The van der Waals surface area contributed by atoms with Gasteiger partial charge in [-0.05, 0) is 25.1 Å². The Labute approximate surface area is 127 Å². The minimum atomic E-state index is -0.0656. The summed E-state index contributed by atoms with van der Waals surface area (Å²) < 4.78 is 7.08. The lowest BCUT2D eigenvalue weighted by molar-refractivity contribution is 0.282. The van der Waals surface area contributed by atoms with E-state index in [4.69, 9.17) is 4.74 Å². The molecule has 1 N–H and O–H groups in total. The van der Waals surface area contributed by atoms with Gasteiger partial charge >= 0.3 is 0 Å². The van der Waals surface area contributed by atoms with Gasteiger partial charge in [0.05, 0.1) is 19.4 Å². The number of aliphatic hydroxyl groups is 1. The number of azo groups is 1. The van der Waals surface area contributed by atoms with E-state index in [-0.39, 0.29) is 6.61 Å². The first-order chi connectivity index (χ1) is 10.7. The molecule has 3 aromatic rings. The van der Waals surface area contributed by atoms with E-state index in [0.717, 1.165) is 11.3 Å². The molecule has 0 atom stereocenters. The monoisotopic (exact) mass is 296 g/mol. The van der Waals surface area contributed by atoms with Gasteiger partial charge < -0.3 is 9.84 Å². The molecular weight excluding hydrogens is 280 g/mol. The maximum Gasteiger partial charge on any atom is 0.182 e. The standard InChI is InChI=1S/C16H16N4O2/c1-11-15(19-18-13-7-3-4-8-14(13)22-2)20-9-5-6-12(10-21)16(20)17-11/h3-9,21H,10H2,1-2H3. The third-order valence-electron chi connectivity index (χ3n) is 3.38. The number of benzene rings is 1. The lowest BCUT2D eigenvalue weighted by Crippen LogP contribution is -1.90. The Bertz CT molecular complexity index is 839. The summed E-state index contributed by atoms with van der Waals surface area (Å²) in [5.74, 6) is 1.30. The van der Waals surface area contributed by atoms with Gasteiger partial charge in [-0.25, -0.2) is 4.98 Å². The van der Waals surface area contributed by atoms with Crippen LogP contribution in [0.5, 0.6) is 5.75 Å². The number of hydrogen-bond donors (Lipinski definition) is 1. The fourth-order valence-electron chi connectivity index (χ4n) is 2.28. The highest BCUT2D eigenvalue weighted by atomic mass is 16.5. The van der Waals surface area contributed by atoms with E-state index in [1.807, 2.05) is 53.9 Å². The second-order valence-corrected chi connectivity index (χ2v) is 4.78. The maximum atomic E-state index is 9.39. The average molecular weight is 296 g/mol. The fraction of sp³-hybridized carbons (Fsp3) is 0.188. The van der Waals surface area contributed by atoms with Crippen molar-refractivity contribution in [1.82, 2.24) is 9.38 Å². The molecule has 2 heterocycles. The summed E-state index contributed by atoms with van der Waals surface area (Å²) in [6, 6.07) is 11.1. The molecular formula is C16H16N4O2. The van der Waals surface area contributed by atoms with Crippen molar-refractivity contribution in [1.29, 1.82) is 0 Å². The van der Waals surface area contributed by atoms with E-state index < -0.39 is 0 Å². The lowest BCUT2D eigenvalue weighted by atomic mass is 10.3. The number of methoxy groups -OCH3 is 1. The van der Waals surface area contributed by atoms with Gasteiger partial charge in [-0.1, -0.05) is 18.2 Å². The number of aliphatic hydroxyl groups excluding tert-OH is 1.